The smallest absolute Gasteiger partial charge is 0.277 e. The standard InChI is InChI=1S/C17H16BrClN2O3/c1-10-4-3-5-15(11(10)2)24-9-16(22)21-20-8-12-6-13(18)7-14(19)17(12)23/h3-8,23H,9H2,1-2H3,(H,21,22). The number of hydrogen-bond donors (Lipinski definition) is 2. The second-order valence-corrected chi connectivity index (χ2v) is 6.43. The van der Waals surface area contributed by atoms with Crippen LogP contribution in [0.25, 0.3) is 0 Å². The summed E-state index contributed by atoms with van der Waals surface area (Å²) in [5, 5.41) is 13.8. The second kappa shape index (κ2) is 8.17. The molecule has 7 heteroatoms. The molecule has 126 valence electrons. The first-order chi connectivity index (χ1) is 11.4. The maximum absolute atomic E-state index is 11.8. The van der Waals surface area contributed by atoms with Crippen molar-refractivity contribution >= 4 is 39.7 Å². The zero-order chi connectivity index (χ0) is 17.7. The van der Waals surface area contributed by atoms with E-state index in [1.807, 2.05) is 26.0 Å². The van der Waals surface area contributed by atoms with E-state index in [0.29, 0.717) is 15.8 Å². The molecular formula is C17H16BrClN2O3. The van der Waals surface area contributed by atoms with Gasteiger partial charge in [0.05, 0.1) is 11.2 Å². The topological polar surface area (TPSA) is 70.9 Å². The molecule has 2 N–H and O–H groups in total. The van der Waals surface area contributed by atoms with Gasteiger partial charge < -0.3 is 9.84 Å². The van der Waals surface area contributed by atoms with E-state index in [9.17, 15) is 9.90 Å². The van der Waals surface area contributed by atoms with Gasteiger partial charge in [-0.15, -0.1) is 0 Å². The number of nitrogens with zero attached hydrogens (tertiary/aromatic N) is 1. The molecule has 2 aromatic carbocycles. The second-order valence-electron chi connectivity index (χ2n) is 5.11. The number of carbonyl (C=O) groups excluding carboxylic acids is 1. The van der Waals surface area contributed by atoms with Gasteiger partial charge in [0.1, 0.15) is 11.5 Å². The third-order valence-electron chi connectivity index (χ3n) is 3.36. The van der Waals surface area contributed by atoms with Crippen LogP contribution in [0.1, 0.15) is 16.7 Å². The number of aryl methyl sites for hydroxylation is 1. The molecular weight excluding hydrogens is 396 g/mol. The van der Waals surface area contributed by atoms with Gasteiger partial charge in [-0.2, -0.15) is 5.10 Å². The fourth-order valence-electron chi connectivity index (χ4n) is 1.91. The molecule has 0 bridgehead atoms. The van der Waals surface area contributed by atoms with Gasteiger partial charge >= 0.3 is 0 Å². The van der Waals surface area contributed by atoms with Crippen LogP contribution in [-0.4, -0.2) is 23.8 Å². The first-order valence-corrected chi connectivity index (χ1v) is 8.24. The van der Waals surface area contributed by atoms with Crippen molar-refractivity contribution in [3.05, 3.63) is 56.5 Å². The molecule has 0 aliphatic rings. The number of nitrogens with one attached hydrogen (secondary N) is 1. The highest BCUT2D eigenvalue weighted by Gasteiger charge is 2.07. The molecule has 2 aromatic rings. The van der Waals surface area contributed by atoms with Crippen LogP contribution >= 0.6 is 27.5 Å². The third kappa shape index (κ3) is 4.72. The lowest BCUT2D eigenvalue weighted by Gasteiger charge is -2.09. The summed E-state index contributed by atoms with van der Waals surface area (Å²) in [5.41, 5.74) is 4.80. The SMILES string of the molecule is Cc1cccc(OCC(=O)NN=Cc2cc(Br)cc(Cl)c2O)c1C. The van der Waals surface area contributed by atoms with Crippen molar-refractivity contribution in [2.24, 2.45) is 5.10 Å². The molecule has 0 saturated heterocycles. The summed E-state index contributed by atoms with van der Waals surface area (Å²) in [5.74, 6) is 0.141. The first kappa shape index (κ1) is 18.3. The molecule has 0 saturated carbocycles. The summed E-state index contributed by atoms with van der Waals surface area (Å²) in [6, 6.07) is 8.84. The lowest BCUT2D eigenvalue weighted by atomic mass is 10.1. The van der Waals surface area contributed by atoms with Gasteiger partial charge in [-0.25, -0.2) is 5.43 Å². The Morgan fingerprint density at radius 3 is 2.92 bits per heavy atom. The first-order valence-electron chi connectivity index (χ1n) is 7.07. The van der Waals surface area contributed by atoms with Crippen LogP contribution < -0.4 is 10.2 Å². The predicted octanol–water partition coefficient (Wildman–Crippen LogP) is 3.95. The largest absolute Gasteiger partial charge is 0.506 e. The summed E-state index contributed by atoms with van der Waals surface area (Å²) in [7, 11) is 0. The van der Waals surface area contributed by atoms with E-state index >= 15 is 0 Å². The Balaban J connectivity index is 1.93. The number of hydrazone groups is 1. The lowest BCUT2D eigenvalue weighted by molar-refractivity contribution is -0.123. The van der Waals surface area contributed by atoms with Gasteiger partial charge in [-0.1, -0.05) is 39.7 Å². The number of hydrogen-bond acceptors (Lipinski definition) is 4. The highest BCUT2D eigenvalue weighted by Crippen LogP contribution is 2.30. The zero-order valence-electron chi connectivity index (χ0n) is 13.1. The average Bonchev–Trinajstić information content (AvgIpc) is 2.53. The molecule has 0 spiro atoms. The molecule has 0 fully saturated rings. The van der Waals surface area contributed by atoms with Crippen molar-refractivity contribution < 1.29 is 14.6 Å². The van der Waals surface area contributed by atoms with Crippen molar-refractivity contribution in [3.8, 4) is 11.5 Å². The number of phenols is 1. The predicted molar refractivity (Wildman–Crippen MR) is 98.0 cm³/mol. The van der Waals surface area contributed by atoms with E-state index in [-0.39, 0.29) is 17.4 Å². The van der Waals surface area contributed by atoms with E-state index in [1.165, 1.54) is 6.21 Å². The molecule has 0 aliphatic heterocycles. The number of halogens is 2. The molecule has 0 unspecified atom stereocenters. The summed E-state index contributed by atoms with van der Waals surface area (Å²) < 4.78 is 6.17. The Kier molecular flexibility index (Phi) is 6.23. The Morgan fingerprint density at radius 1 is 1.42 bits per heavy atom. The quantitative estimate of drug-likeness (QED) is 0.578. The van der Waals surface area contributed by atoms with E-state index in [2.05, 4.69) is 26.5 Å². The fourth-order valence-corrected chi connectivity index (χ4v) is 2.75. The number of carbonyl (C=O) groups is 1. The van der Waals surface area contributed by atoms with Gasteiger partial charge in [-0.3, -0.25) is 4.79 Å². The van der Waals surface area contributed by atoms with Crippen molar-refractivity contribution in [1.82, 2.24) is 5.43 Å². The summed E-state index contributed by atoms with van der Waals surface area (Å²) in [4.78, 5) is 11.8. The van der Waals surface area contributed by atoms with E-state index < -0.39 is 5.91 Å². The van der Waals surface area contributed by atoms with Gasteiger partial charge in [0.2, 0.25) is 0 Å². The van der Waals surface area contributed by atoms with Crippen LogP contribution in [0.3, 0.4) is 0 Å². The van der Waals surface area contributed by atoms with Gasteiger partial charge in [0, 0.05) is 10.0 Å². The number of aromatic hydroxyl groups is 1. The number of rotatable bonds is 5. The zero-order valence-corrected chi connectivity index (χ0v) is 15.5. The molecule has 24 heavy (non-hydrogen) atoms. The maximum atomic E-state index is 11.8. The molecule has 0 atom stereocenters. The molecule has 0 aromatic heterocycles. The van der Waals surface area contributed by atoms with Gasteiger partial charge in [-0.05, 0) is 43.2 Å². The van der Waals surface area contributed by atoms with Crippen molar-refractivity contribution in [2.45, 2.75) is 13.8 Å². The summed E-state index contributed by atoms with van der Waals surface area (Å²) in [6.07, 6.45) is 1.31. The fraction of sp³-hybridized carbons (Fsp3) is 0.176. The minimum absolute atomic E-state index is 0.107. The highest BCUT2D eigenvalue weighted by molar-refractivity contribution is 9.10. The number of phenolic OH excluding ortho intramolecular Hbond substituents is 1. The Bertz CT molecular complexity index is 794. The van der Waals surface area contributed by atoms with Gasteiger partial charge in [0.15, 0.2) is 6.61 Å². The van der Waals surface area contributed by atoms with Crippen LogP contribution in [0.2, 0.25) is 5.02 Å². The Labute approximate surface area is 153 Å². The Morgan fingerprint density at radius 2 is 2.17 bits per heavy atom. The molecule has 1 amide bonds. The molecule has 2 rings (SSSR count). The minimum atomic E-state index is -0.410. The summed E-state index contributed by atoms with van der Waals surface area (Å²) >= 11 is 9.12. The van der Waals surface area contributed by atoms with Crippen molar-refractivity contribution in [3.63, 3.8) is 0 Å². The normalized spacial score (nSPS) is 10.8. The number of amides is 1. The number of ether oxygens (including phenoxy) is 1. The molecule has 5 nitrogen and oxygen atoms in total. The van der Waals surface area contributed by atoms with Crippen LogP contribution in [-0.2, 0) is 4.79 Å². The monoisotopic (exact) mass is 410 g/mol. The minimum Gasteiger partial charge on any atom is -0.506 e. The molecule has 0 heterocycles. The van der Waals surface area contributed by atoms with Gasteiger partial charge in [0.25, 0.3) is 5.91 Å². The third-order valence-corrected chi connectivity index (χ3v) is 4.11. The van der Waals surface area contributed by atoms with Crippen LogP contribution in [0.4, 0.5) is 0 Å². The van der Waals surface area contributed by atoms with E-state index in [4.69, 9.17) is 16.3 Å². The Hall–Kier alpha value is -2.05. The van der Waals surface area contributed by atoms with Crippen LogP contribution in [0, 0.1) is 13.8 Å². The van der Waals surface area contributed by atoms with Crippen molar-refractivity contribution in [1.29, 1.82) is 0 Å². The molecule has 0 aliphatic carbocycles. The van der Waals surface area contributed by atoms with E-state index in [0.717, 1.165) is 11.1 Å². The highest BCUT2D eigenvalue weighted by atomic mass is 79.9. The summed E-state index contributed by atoms with van der Waals surface area (Å²) in [6.45, 7) is 3.75. The lowest BCUT2D eigenvalue weighted by Crippen LogP contribution is -2.24. The van der Waals surface area contributed by atoms with Crippen LogP contribution in [0.5, 0.6) is 11.5 Å². The number of benzene rings is 2. The average molecular weight is 412 g/mol. The molecule has 0 radical (unpaired) electrons. The van der Waals surface area contributed by atoms with Crippen LogP contribution in [0.15, 0.2) is 39.9 Å². The van der Waals surface area contributed by atoms with E-state index in [1.54, 1.807) is 18.2 Å². The van der Waals surface area contributed by atoms with Crippen molar-refractivity contribution in [2.75, 3.05) is 6.61 Å². The maximum Gasteiger partial charge on any atom is 0.277 e.